The Hall–Kier alpha value is -2.11. The molecule has 6 heteroatoms. The van der Waals surface area contributed by atoms with Gasteiger partial charge in [0.1, 0.15) is 5.52 Å². The van der Waals surface area contributed by atoms with Crippen LogP contribution in [0.5, 0.6) is 0 Å². The summed E-state index contributed by atoms with van der Waals surface area (Å²) in [5, 5.41) is 13.9. The number of benzene rings is 1. The van der Waals surface area contributed by atoms with Crippen molar-refractivity contribution in [3.05, 3.63) is 28.3 Å². The summed E-state index contributed by atoms with van der Waals surface area (Å²) in [4.78, 5) is 14.6. The van der Waals surface area contributed by atoms with E-state index in [9.17, 15) is 10.1 Å². The van der Waals surface area contributed by atoms with Crippen molar-refractivity contribution in [3.63, 3.8) is 0 Å². The summed E-state index contributed by atoms with van der Waals surface area (Å²) in [5.74, 6) is 0.592. The van der Waals surface area contributed by atoms with Crippen LogP contribution in [0.25, 0.3) is 11.1 Å². The number of rotatable bonds is 8. The van der Waals surface area contributed by atoms with Gasteiger partial charge in [0.05, 0.1) is 11.0 Å². The number of non-ortho nitro benzene ring substituents is 1. The first-order chi connectivity index (χ1) is 10.1. The fourth-order valence-electron chi connectivity index (χ4n) is 2.28. The molecule has 21 heavy (non-hydrogen) atoms. The molecule has 0 saturated heterocycles. The van der Waals surface area contributed by atoms with E-state index in [2.05, 4.69) is 24.1 Å². The van der Waals surface area contributed by atoms with Gasteiger partial charge >= 0.3 is 0 Å². The molecule has 2 aromatic rings. The maximum Gasteiger partial charge on any atom is 0.295 e. The van der Waals surface area contributed by atoms with Crippen LogP contribution in [0.1, 0.15) is 39.5 Å². The summed E-state index contributed by atoms with van der Waals surface area (Å²) in [5.41, 5.74) is 1.08. The zero-order valence-electron chi connectivity index (χ0n) is 12.5. The number of hydrogen-bond acceptors (Lipinski definition) is 5. The molecule has 0 aliphatic carbocycles. The van der Waals surface area contributed by atoms with Crippen molar-refractivity contribution >= 4 is 22.8 Å². The van der Waals surface area contributed by atoms with Gasteiger partial charge in [-0.05, 0) is 18.4 Å². The summed E-state index contributed by atoms with van der Waals surface area (Å²) < 4.78 is 5.53. The van der Waals surface area contributed by atoms with Crippen molar-refractivity contribution < 1.29 is 9.34 Å². The molecule has 1 unspecified atom stereocenters. The second-order valence-corrected chi connectivity index (χ2v) is 5.23. The van der Waals surface area contributed by atoms with Crippen molar-refractivity contribution in [3.8, 4) is 0 Å². The number of oxazole rings is 1. The number of aromatic nitrogens is 1. The highest BCUT2D eigenvalue weighted by molar-refractivity contribution is 5.77. The molecule has 0 aliphatic rings. The third kappa shape index (κ3) is 3.93. The van der Waals surface area contributed by atoms with Gasteiger partial charge in [0.2, 0.25) is 0 Å². The lowest BCUT2D eigenvalue weighted by molar-refractivity contribution is -0.384. The van der Waals surface area contributed by atoms with Crippen LogP contribution >= 0.6 is 0 Å². The Morgan fingerprint density at radius 1 is 1.43 bits per heavy atom. The smallest absolute Gasteiger partial charge is 0.295 e. The van der Waals surface area contributed by atoms with Crippen molar-refractivity contribution in [2.75, 3.05) is 11.9 Å². The Morgan fingerprint density at radius 2 is 2.24 bits per heavy atom. The van der Waals surface area contributed by atoms with Crippen molar-refractivity contribution in [1.82, 2.24) is 4.98 Å². The lowest BCUT2D eigenvalue weighted by Gasteiger charge is -2.13. The zero-order valence-corrected chi connectivity index (χ0v) is 12.5. The molecule has 0 amide bonds. The number of hydrogen-bond donors (Lipinski definition) is 1. The average Bonchev–Trinajstić information content (AvgIpc) is 2.89. The fourth-order valence-corrected chi connectivity index (χ4v) is 2.28. The molecule has 0 saturated carbocycles. The summed E-state index contributed by atoms with van der Waals surface area (Å²) in [6, 6.07) is 4.88. The molecule has 1 atom stereocenters. The van der Waals surface area contributed by atoms with Crippen LogP contribution in [-0.2, 0) is 0 Å². The number of nitro benzene ring substituents is 1. The Kier molecular flexibility index (Phi) is 5.14. The molecule has 1 aromatic carbocycles. The molecule has 1 aromatic heterocycles. The average molecular weight is 291 g/mol. The van der Waals surface area contributed by atoms with Crippen LogP contribution in [0, 0.1) is 16.0 Å². The van der Waals surface area contributed by atoms with Gasteiger partial charge in [-0.15, -0.1) is 0 Å². The van der Waals surface area contributed by atoms with Gasteiger partial charge in [0.15, 0.2) is 5.58 Å². The van der Waals surface area contributed by atoms with E-state index in [0.29, 0.717) is 23.0 Å². The highest BCUT2D eigenvalue weighted by Gasteiger charge is 2.12. The van der Waals surface area contributed by atoms with E-state index >= 15 is 0 Å². The molecular formula is C15H21N3O3. The highest BCUT2D eigenvalue weighted by atomic mass is 16.6. The predicted molar refractivity (Wildman–Crippen MR) is 82.5 cm³/mol. The van der Waals surface area contributed by atoms with E-state index in [1.165, 1.54) is 31.4 Å². The third-order valence-electron chi connectivity index (χ3n) is 3.67. The molecule has 1 heterocycles. The van der Waals surface area contributed by atoms with Crippen LogP contribution in [0.2, 0.25) is 0 Å². The first-order valence-corrected chi connectivity index (χ1v) is 7.42. The van der Waals surface area contributed by atoms with E-state index in [1.54, 1.807) is 6.07 Å². The van der Waals surface area contributed by atoms with Crippen molar-refractivity contribution in [1.29, 1.82) is 0 Å². The number of nitrogens with zero attached hydrogens (tertiary/aromatic N) is 2. The zero-order chi connectivity index (χ0) is 15.2. The molecule has 1 N–H and O–H groups in total. The minimum atomic E-state index is -0.438. The molecule has 0 bridgehead atoms. The maximum atomic E-state index is 10.7. The SMILES string of the molecule is CCCCC(CC)CNc1nc2ccc([N+](=O)[O-])cc2o1. The molecule has 2 rings (SSSR count). The largest absolute Gasteiger partial charge is 0.423 e. The summed E-state index contributed by atoms with van der Waals surface area (Å²) >= 11 is 0. The molecule has 0 spiro atoms. The van der Waals surface area contributed by atoms with E-state index in [-0.39, 0.29) is 5.69 Å². The number of anilines is 1. The molecule has 114 valence electrons. The van der Waals surface area contributed by atoms with E-state index in [1.807, 2.05) is 0 Å². The minimum Gasteiger partial charge on any atom is -0.423 e. The monoisotopic (exact) mass is 291 g/mol. The maximum absolute atomic E-state index is 10.7. The molecular weight excluding hydrogens is 270 g/mol. The Labute approximate surface area is 123 Å². The Bertz CT molecular complexity index is 609. The first-order valence-electron chi connectivity index (χ1n) is 7.42. The highest BCUT2D eigenvalue weighted by Crippen LogP contribution is 2.24. The van der Waals surface area contributed by atoms with Gasteiger partial charge in [0.25, 0.3) is 11.7 Å². The molecule has 0 aliphatic heterocycles. The van der Waals surface area contributed by atoms with Crippen LogP contribution in [0.3, 0.4) is 0 Å². The van der Waals surface area contributed by atoms with E-state index in [4.69, 9.17) is 4.42 Å². The number of nitrogens with one attached hydrogen (secondary N) is 1. The molecule has 0 radical (unpaired) electrons. The molecule has 6 nitrogen and oxygen atoms in total. The topological polar surface area (TPSA) is 81.2 Å². The van der Waals surface area contributed by atoms with Gasteiger partial charge < -0.3 is 9.73 Å². The van der Waals surface area contributed by atoms with Gasteiger partial charge in [0, 0.05) is 12.6 Å². The van der Waals surface area contributed by atoms with Crippen LogP contribution in [-0.4, -0.2) is 16.5 Å². The normalized spacial score (nSPS) is 12.5. The van der Waals surface area contributed by atoms with E-state index in [0.717, 1.165) is 13.0 Å². The van der Waals surface area contributed by atoms with Crippen molar-refractivity contribution in [2.45, 2.75) is 39.5 Å². The van der Waals surface area contributed by atoms with Crippen LogP contribution in [0.15, 0.2) is 22.6 Å². The second-order valence-electron chi connectivity index (χ2n) is 5.23. The quantitative estimate of drug-likeness (QED) is 0.577. The number of unbranched alkanes of at least 4 members (excludes halogenated alkanes) is 1. The lowest BCUT2D eigenvalue weighted by atomic mass is 9.99. The predicted octanol–water partition coefficient (Wildman–Crippen LogP) is 4.36. The molecule has 0 fully saturated rings. The third-order valence-corrected chi connectivity index (χ3v) is 3.67. The summed E-state index contributed by atoms with van der Waals surface area (Å²) in [6.45, 7) is 5.18. The van der Waals surface area contributed by atoms with Crippen LogP contribution < -0.4 is 5.32 Å². The summed E-state index contributed by atoms with van der Waals surface area (Å²) in [7, 11) is 0. The van der Waals surface area contributed by atoms with Gasteiger partial charge in [-0.2, -0.15) is 4.98 Å². The van der Waals surface area contributed by atoms with Gasteiger partial charge in [-0.3, -0.25) is 10.1 Å². The summed E-state index contributed by atoms with van der Waals surface area (Å²) in [6.07, 6.45) is 4.72. The Balaban J connectivity index is 2.03. The first kappa shape index (κ1) is 15.3. The van der Waals surface area contributed by atoms with E-state index < -0.39 is 4.92 Å². The standard InChI is InChI=1S/C15H21N3O3/c1-3-5-6-11(4-2)10-16-15-17-13-8-7-12(18(19)20)9-14(13)21-15/h7-9,11H,3-6,10H2,1-2H3,(H,16,17). The Morgan fingerprint density at radius 3 is 2.90 bits per heavy atom. The van der Waals surface area contributed by atoms with Gasteiger partial charge in [-0.25, -0.2) is 0 Å². The lowest BCUT2D eigenvalue weighted by Crippen LogP contribution is -2.13. The minimum absolute atomic E-state index is 0.0135. The second kappa shape index (κ2) is 7.06. The number of nitro groups is 1. The van der Waals surface area contributed by atoms with Gasteiger partial charge in [-0.1, -0.05) is 33.1 Å². The van der Waals surface area contributed by atoms with Crippen molar-refractivity contribution in [2.24, 2.45) is 5.92 Å². The fraction of sp³-hybridized carbons (Fsp3) is 0.533. The van der Waals surface area contributed by atoms with Crippen LogP contribution in [0.4, 0.5) is 11.7 Å². The number of fused-ring (bicyclic) bond motifs is 1.